The van der Waals surface area contributed by atoms with Crippen LogP contribution in [0.25, 0.3) is 0 Å². The molecular weight excluding hydrogens is 226 g/mol. The second-order valence-corrected chi connectivity index (χ2v) is 4.39. The van der Waals surface area contributed by atoms with Crippen LogP contribution in [0, 0.1) is 6.92 Å². The molecule has 0 fully saturated rings. The Morgan fingerprint density at radius 2 is 2.11 bits per heavy atom. The summed E-state index contributed by atoms with van der Waals surface area (Å²) in [7, 11) is 3.94. The Labute approximate surface area is 108 Å². The molecule has 0 saturated carbocycles. The summed E-state index contributed by atoms with van der Waals surface area (Å²) in [6, 6.07) is 10.0. The van der Waals surface area contributed by atoms with Crippen LogP contribution in [-0.4, -0.2) is 19.1 Å². The first-order valence-corrected chi connectivity index (χ1v) is 6.06. The van der Waals surface area contributed by atoms with Crippen molar-refractivity contribution in [3.8, 4) is 0 Å². The highest BCUT2D eigenvalue weighted by atomic mass is 16.3. The van der Waals surface area contributed by atoms with Crippen LogP contribution in [0.4, 0.5) is 5.82 Å². The maximum atomic E-state index is 5.57. The maximum absolute atomic E-state index is 5.57. The van der Waals surface area contributed by atoms with Crippen LogP contribution < -0.4 is 10.2 Å². The monoisotopic (exact) mass is 245 g/mol. The van der Waals surface area contributed by atoms with Gasteiger partial charge in [0.25, 0.3) is 0 Å². The molecule has 2 aromatic heterocycles. The van der Waals surface area contributed by atoms with Gasteiger partial charge in [0.1, 0.15) is 17.3 Å². The van der Waals surface area contributed by atoms with Crippen LogP contribution in [0.5, 0.6) is 0 Å². The van der Waals surface area contributed by atoms with Crippen molar-refractivity contribution in [1.82, 2.24) is 10.3 Å². The van der Waals surface area contributed by atoms with E-state index in [0.29, 0.717) is 0 Å². The Morgan fingerprint density at radius 3 is 2.78 bits per heavy atom. The quantitative estimate of drug-likeness (QED) is 0.878. The number of anilines is 1. The fraction of sp³-hybridized carbons (Fsp3) is 0.357. The van der Waals surface area contributed by atoms with Crippen LogP contribution in [-0.2, 0) is 13.1 Å². The van der Waals surface area contributed by atoms with E-state index < -0.39 is 0 Å². The second-order valence-electron chi connectivity index (χ2n) is 4.39. The first-order valence-electron chi connectivity index (χ1n) is 6.06. The highest BCUT2D eigenvalue weighted by molar-refractivity contribution is 5.38. The third-order valence-electron chi connectivity index (χ3n) is 2.73. The molecule has 1 N–H and O–H groups in total. The topological polar surface area (TPSA) is 41.3 Å². The lowest BCUT2D eigenvalue weighted by Crippen LogP contribution is -2.18. The zero-order valence-corrected chi connectivity index (χ0v) is 11.1. The van der Waals surface area contributed by atoms with Gasteiger partial charge in [0.15, 0.2) is 0 Å². The molecule has 0 aliphatic heterocycles. The number of furan rings is 1. The van der Waals surface area contributed by atoms with Gasteiger partial charge in [0, 0.05) is 13.6 Å². The van der Waals surface area contributed by atoms with Gasteiger partial charge in [-0.25, -0.2) is 4.98 Å². The number of nitrogens with one attached hydrogen (secondary N) is 1. The fourth-order valence-electron chi connectivity index (χ4n) is 1.84. The standard InChI is InChI=1S/C14H19N3O/c1-11-7-8-13(18-11)10-17(3)14-6-4-5-12(16-14)9-15-2/h4-8,15H,9-10H2,1-3H3. The number of hydrogen-bond donors (Lipinski definition) is 1. The molecule has 0 atom stereocenters. The zero-order chi connectivity index (χ0) is 13.0. The minimum Gasteiger partial charge on any atom is -0.464 e. The maximum Gasteiger partial charge on any atom is 0.129 e. The molecule has 0 amide bonds. The van der Waals surface area contributed by atoms with E-state index in [1.807, 2.05) is 51.4 Å². The molecule has 18 heavy (non-hydrogen) atoms. The van der Waals surface area contributed by atoms with Gasteiger partial charge in [-0.15, -0.1) is 0 Å². The van der Waals surface area contributed by atoms with Crippen LogP contribution in [0.1, 0.15) is 17.2 Å². The van der Waals surface area contributed by atoms with Gasteiger partial charge < -0.3 is 14.6 Å². The molecule has 0 bridgehead atoms. The molecule has 4 heteroatoms. The lowest BCUT2D eigenvalue weighted by Gasteiger charge is -2.17. The summed E-state index contributed by atoms with van der Waals surface area (Å²) < 4.78 is 5.57. The number of pyridine rings is 1. The molecule has 4 nitrogen and oxygen atoms in total. The molecule has 2 rings (SSSR count). The van der Waals surface area contributed by atoms with Crippen molar-refractivity contribution in [1.29, 1.82) is 0 Å². The summed E-state index contributed by atoms with van der Waals surface area (Å²) >= 11 is 0. The Morgan fingerprint density at radius 1 is 1.28 bits per heavy atom. The van der Waals surface area contributed by atoms with Crippen molar-refractivity contribution in [3.05, 3.63) is 47.5 Å². The predicted octanol–water partition coefficient (Wildman–Crippen LogP) is 2.34. The molecule has 0 spiro atoms. The third kappa shape index (κ3) is 3.11. The first-order chi connectivity index (χ1) is 8.69. The summed E-state index contributed by atoms with van der Waals surface area (Å²) in [5.74, 6) is 2.85. The van der Waals surface area contributed by atoms with E-state index in [1.165, 1.54) is 0 Å². The van der Waals surface area contributed by atoms with Gasteiger partial charge >= 0.3 is 0 Å². The number of aryl methyl sites for hydroxylation is 1. The van der Waals surface area contributed by atoms with E-state index in [9.17, 15) is 0 Å². The van der Waals surface area contributed by atoms with Crippen LogP contribution in [0.15, 0.2) is 34.7 Å². The minimum atomic E-state index is 0.726. The van der Waals surface area contributed by atoms with Crippen molar-refractivity contribution in [2.45, 2.75) is 20.0 Å². The van der Waals surface area contributed by atoms with Gasteiger partial charge in [-0.3, -0.25) is 0 Å². The molecule has 2 aromatic rings. The summed E-state index contributed by atoms with van der Waals surface area (Å²) in [6.45, 7) is 3.46. The highest BCUT2D eigenvalue weighted by Gasteiger charge is 2.06. The lowest BCUT2D eigenvalue weighted by atomic mass is 10.3. The van der Waals surface area contributed by atoms with Gasteiger partial charge in [0.2, 0.25) is 0 Å². The van der Waals surface area contributed by atoms with Crippen molar-refractivity contribution in [2.75, 3.05) is 19.0 Å². The average molecular weight is 245 g/mol. The van der Waals surface area contributed by atoms with E-state index in [1.54, 1.807) is 0 Å². The first kappa shape index (κ1) is 12.6. The fourth-order valence-corrected chi connectivity index (χ4v) is 1.84. The largest absolute Gasteiger partial charge is 0.464 e. The Balaban J connectivity index is 2.08. The minimum absolute atomic E-state index is 0.726. The van der Waals surface area contributed by atoms with Gasteiger partial charge in [-0.05, 0) is 38.2 Å². The van der Waals surface area contributed by atoms with Crippen LogP contribution >= 0.6 is 0 Å². The smallest absolute Gasteiger partial charge is 0.129 e. The second kappa shape index (κ2) is 5.69. The SMILES string of the molecule is CNCc1cccc(N(C)Cc2ccc(C)o2)n1. The van der Waals surface area contributed by atoms with E-state index in [4.69, 9.17) is 4.42 Å². The van der Waals surface area contributed by atoms with E-state index >= 15 is 0 Å². The van der Waals surface area contributed by atoms with Crippen LogP contribution in [0.3, 0.4) is 0 Å². The van der Waals surface area contributed by atoms with E-state index in [2.05, 4.69) is 15.2 Å². The zero-order valence-electron chi connectivity index (χ0n) is 11.1. The van der Waals surface area contributed by atoms with Gasteiger partial charge in [0.05, 0.1) is 12.2 Å². The Hall–Kier alpha value is -1.81. The molecule has 0 radical (unpaired) electrons. The Kier molecular flexibility index (Phi) is 3.99. The molecule has 0 aliphatic rings. The molecule has 0 aliphatic carbocycles. The van der Waals surface area contributed by atoms with E-state index in [-0.39, 0.29) is 0 Å². The molecule has 96 valence electrons. The summed E-state index contributed by atoms with van der Waals surface area (Å²) in [4.78, 5) is 6.67. The van der Waals surface area contributed by atoms with Crippen molar-refractivity contribution in [3.63, 3.8) is 0 Å². The number of aromatic nitrogens is 1. The molecule has 0 aromatic carbocycles. The molecule has 0 unspecified atom stereocenters. The number of nitrogens with zero attached hydrogens (tertiary/aromatic N) is 2. The normalized spacial score (nSPS) is 10.6. The third-order valence-corrected chi connectivity index (χ3v) is 2.73. The number of rotatable bonds is 5. The van der Waals surface area contributed by atoms with Crippen molar-refractivity contribution >= 4 is 5.82 Å². The van der Waals surface area contributed by atoms with Gasteiger partial charge in [-0.1, -0.05) is 6.07 Å². The summed E-state index contributed by atoms with van der Waals surface area (Å²) in [5.41, 5.74) is 1.04. The molecular formula is C14H19N3O. The molecule has 0 saturated heterocycles. The summed E-state index contributed by atoms with van der Waals surface area (Å²) in [5, 5.41) is 3.10. The van der Waals surface area contributed by atoms with E-state index in [0.717, 1.165) is 36.1 Å². The average Bonchev–Trinajstić information content (AvgIpc) is 2.75. The van der Waals surface area contributed by atoms with Gasteiger partial charge in [-0.2, -0.15) is 0 Å². The molecule has 2 heterocycles. The van der Waals surface area contributed by atoms with Crippen molar-refractivity contribution < 1.29 is 4.42 Å². The van der Waals surface area contributed by atoms with Crippen molar-refractivity contribution in [2.24, 2.45) is 0 Å². The summed E-state index contributed by atoms with van der Waals surface area (Å²) in [6.07, 6.45) is 0. The lowest BCUT2D eigenvalue weighted by molar-refractivity contribution is 0.481. The highest BCUT2D eigenvalue weighted by Crippen LogP contribution is 2.15. The number of hydrogen-bond acceptors (Lipinski definition) is 4. The van der Waals surface area contributed by atoms with Crippen LogP contribution in [0.2, 0.25) is 0 Å². The Bertz CT molecular complexity index is 507. The predicted molar refractivity (Wildman–Crippen MR) is 72.6 cm³/mol.